The second kappa shape index (κ2) is 6.09. The first kappa shape index (κ1) is 13.2. The first-order chi connectivity index (χ1) is 9.17. The molecule has 0 N–H and O–H groups in total. The van der Waals surface area contributed by atoms with Gasteiger partial charge in [-0.3, -0.25) is 4.79 Å². The molecule has 4 heteroatoms. The maximum Gasteiger partial charge on any atom is 0.212 e. The van der Waals surface area contributed by atoms with Gasteiger partial charge in [0.2, 0.25) is 5.88 Å². The van der Waals surface area contributed by atoms with Gasteiger partial charge in [-0.25, -0.2) is 9.37 Å². The summed E-state index contributed by atoms with van der Waals surface area (Å²) in [4.78, 5) is 15.9. The van der Waals surface area contributed by atoms with Crippen molar-refractivity contribution in [1.29, 1.82) is 0 Å². The molecule has 0 bridgehead atoms. The first-order valence-corrected chi connectivity index (χ1v) is 5.92. The van der Waals surface area contributed by atoms with Crippen molar-refractivity contribution in [2.75, 3.05) is 7.11 Å². The van der Waals surface area contributed by atoms with Gasteiger partial charge in [-0.15, -0.1) is 0 Å². The van der Waals surface area contributed by atoms with E-state index in [9.17, 15) is 9.18 Å². The minimum absolute atomic E-state index is 0.0255. The highest BCUT2D eigenvalue weighted by Gasteiger charge is 2.06. The molecule has 0 amide bonds. The summed E-state index contributed by atoms with van der Waals surface area (Å²) in [6.07, 6.45) is 2.12. The molecule has 2 aromatic rings. The zero-order valence-electron chi connectivity index (χ0n) is 10.6. The average Bonchev–Trinajstić information content (AvgIpc) is 2.39. The van der Waals surface area contributed by atoms with E-state index in [1.165, 1.54) is 19.2 Å². The van der Waals surface area contributed by atoms with Crippen LogP contribution >= 0.6 is 0 Å². The predicted octanol–water partition coefficient (Wildman–Crippen LogP) is 2.58. The number of Topliss-reactive ketones (excluding diaryl/α,β-unsaturated/α-hetero) is 1. The van der Waals surface area contributed by atoms with E-state index in [-0.39, 0.29) is 24.4 Å². The summed E-state index contributed by atoms with van der Waals surface area (Å²) in [7, 11) is 1.54. The van der Waals surface area contributed by atoms with Crippen LogP contribution in [0.1, 0.15) is 11.1 Å². The van der Waals surface area contributed by atoms with Gasteiger partial charge in [0.15, 0.2) is 0 Å². The summed E-state index contributed by atoms with van der Waals surface area (Å²) < 4.78 is 17.9. The highest BCUT2D eigenvalue weighted by atomic mass is 19.1. The average molecular weight is 259 g/mol. The Balaban J connectivity index is 1.97. The molecule has 0 saturated carbocycles. The lowest BCUT2D eigenvalue weighted by Gasteiger charge is -2.03. The standard InChI is InChI=1S/C15H14FNO2/c1-19-15-6-5-12(10-17-15)9-14(18)8-11-3-2-4-13(16)7-11/h2-7,10H,8-9H2,1H3. The molecule has 0 saturated heterocycles. The van der Waals surface area contributed by atoms with Crippen molar-refractivity contribution in [1.82, 2.24) is 4.98 Å². The molecule has 3 nitrogen and oxygen atoms in total. The summed E-state index contributed by atoms with van der Waals surface area (Å²) in [5.41, 5.74) is 1.51. The van der Waals surface area contributed by atoms with E-state index < -0.39 is 0 Å². The van der Waals surface area contributed by atoms with E-state index in [0.717, 1.165) is 5.56 Å². The molecule has 0 aliphatic carbocycles. The summed E-state index contributed by atoms with van der Waals surface area (Å²) in [6, 6.07) is 9.60. The van der Waals surface area contributed by atoms with Crippen molar-refractivity contribution in [3.63, 3.8) is 0 Å². The van der Waals surface area contributed by atoms with Crippen LogP contribution in [-0.4, -0.2) is 17.9 Å². The number of rotatable bonds is 5. The van der Waals surface area contributed by atoms with Crippen LogP contribution in [0.25, 0.3) is 0 Å². The van der Waals surface area contributed by atoms with Crippen LogP contribution in [0, 0.1) is 5.82 Å². The van der Waals surface area contributed by atoms with Crippen LogP contribution in [0.5, 0.6) is 5.88 Å². The minimum Gasteiger partial charge on any atom is -0.481 e. The van der Waals surface area contributed by atoms with E-state index >= 15 is 0 Å². The Morgan fingerprint density at radius 2 is 2.00 bits per heavy atom. The summed E-state index contributed by atoms with van der Waals surface area (Å²) in [5.74, 6) is 0.218. The fraction of sp³-hybridized carbons (Fsp3) is 0.200. The van der Waals surface area contributed by atoms with Crippen LogP contribution < -0.4 is 4.74 Å². The molecule has 1 heterocycles. The topological polar surface area (TPSA) is 39.2 Å². The summed E-state index contributed by atoms with van der Waals surface area (Å²) in [5, 5.41) is 0. The molecule has 0 unspecified atom stereocenters. The van der Waals surface area contributed by atoms with Gasteiger partial charge >= 0.3 is 0 Å². The third-order valence-corrected chi connectivity index (χ3v) is 2.70. The van der Waals surface area contributed by atoms with Gasteiger partial charge in [-0.1, -0.05) is 18.2 Å². The lowest BCUT2D eigenvalue weighted by molar-refractivity contribution is -0.117. The fourth-order valence-corrected chi connectivity index (χ4v) is 1.80. The Labute approximate surface area is 111 Å². The van der Waals surface area contributed by atoms with E-state index in [4.69, 9.17) is 4.74 Å². The minimum atomic E-state index is -0.323. The number of benzene rings is 1. The number of methoxy groups -OCH3 is 1. The van der Waals surface area contributed by atoms with Crippen molar-refractivity contribution in [2.24, 2.45) is 0 Å². The number of carbonyl (C=O) groups excluding carboxylic acids is 1. The largest absolute Gasteiger partial charge is 0.481 e. The molecule has 0 spiro atoms. The van der Waals surface area contributed by atoms with Crippen LogP contribution in [0.15, 0.2) is 42.6 Å². The van der Waals surface area contributed by atoms with Crippen molar-refractivity contribution in [3.05, 3.63) is 59.5 Å². The molecule has 19 heavy (non-hydrogen) atoms. The zero-order valence-corrected chi connectivity index (χ0v) is 10.6. The summed E-state index contributed by atoms with van der Waals surface area (Å²) in [6.45, 7) is 0. The molecule has 0 radical (unpaired) electrons. The highest BCUT2D eigenvalue weighted by Crippen LogP contribution is 2.10. The lowest BCUT2D eigenvalue weighted by atomic mass is 10.0. The molecule has 1 aromatic heterocycles. The highest BCUT2D eigenvalue weighted by molar-refractivity contribution is 5.83. The normalized spacial score (nSPS) is 10.2. The number of nitrogens with zero attached hydrogens (tertiary/aromatic N) is 1. The number of carbonyl (C=O) groups is 1. The van der Waals surface area contributed by atoms with E-state index in [0.29, 0.717) is 11.4 Å². The van der Waals surface area contributed by atoms with Crippen LogP contribution in [0.3, 0.4) is 0 Å². The third-order valence-electron chi connectivity index (χ3n) is 2.70. The number of halogens is 1. The van der Waals surface area contributed by atoms with Gasteiger partial charge in [0.05, 0.1) is 7.11 Å². The SMILES string of the molecule is COc1ccc(CC(=O)Cc2cccc(F)c2)cn1. The Hall–Kier alpha value is -2.23. The van der Waals surface area contributed by atoms with E-state index in [1.807, 2.05) is 0 Å². The van der Waals surface area contributed by atoms with E-state index in [2.05, 4.69) is 4.98 Å². The molecular formula is C15H14FNO2. The van der Waals surface area contributed by atoms with Crippen molar-refractivity contribution in [3.8, 4) is 5.88 Å². The Kier molecular flexibility index (Phi) is 4.23. The molecule has 98 valence electrons. The smallest absolute Gasteiger partial charge is 0.212 e. The number of ether oxygens (including phenoxy) is 1. The monoisotopic (exact) mass is 259 g/mol. The van der Waals surface area contributed by atoms with Gasteiger partial charge in [-0.05, 0) is 23.3 Å². The Morgan fingerprint density at radius 3 is 2.63 bits per heavy atom. The maximum absolute atomic E-state index is 13.0. The van der Waals surface area contributed by atoms with Gasteiger partial charge in [0.25, 0.3) is 0 Å². The van der Waals surface area contributed by atoms with Crippen LogP contribution in [-0.2, 0) is 17.6 Å². The number of aromatic nitrogens is 1. The number of hydrogen-bond acceptors (Lipinski definition) is 3. The van der Waals surface area contributed by atoms with Crippen molar-refractivity contribution < 1.29 is 13.9 Å². The number of pyridine rings is 1. The molecule has 2 rings (SSSR count). The maximum atomic E-state index is 13.0. The van der Waals surface area contributed by atoms with Crippen molar-refractivity contribution in [2.45, 2.75) is 12.8 Å². The van der Waals surface area contributed by atoms with Crippen LogP contribution in [0.4, 0.5) is 4.39 Å². The van der Waals surface area contributed by atoms with Gasteiger partial charge < -0.3 is 4.74 Å². The van der Waals surface area contributed by atoms with Gasteiger partial charge in [-0.2, -0.15) is 0 Å². The molecule has 0 fully saturated rings. The number of ketones is 1. The molecule has 0 aliphatic heterocycles. The molecule has 0 atom stereocenters. The lowest BCUT2D eigenvalue weighted by Crippen LogP contribution is -2.07. The second-order valence-electron chi connectivity index (χ2n) is 4.23. The Morgan fingerprint density at radius 1 is 1.21 bits per heavy atom. The van der Waals surface area contributed by atoms with Gasteiger partial charge in [0, 0.05) is 25.1 Å². The predicted molar refractivity (Wildman–Crippen MR) is 69.6 cm³/mol. The molecular weight excluding hydrogens is 245 g/mol. The van der Waals surface area contributed by atoms with Crippen molar-refractivity contribution >= 4 is 5.78 Å². The Bertz CT molecular complexity index is 567. The fourth-order valence-electron chi connectivity index (χ4n) is 1.80. The van der Waals surface area contributed by atoms with Crippen LogP contribution in [0.2, 0.25) is 0 Å². The zero-order chi connectivity index (χ0) is 13.7. The molecule has 1 aromatic carbocycles. The second-order valence-corrected chi connectivity index (χ2v) is 4.23. The van der Waals surface area contributed by atoms with Gasteiger partial charge in [0.1, 0.15) is 11.6 Å². The number of hydrogen-bond donors (Lipinski definition) is 0. The summed E-state index contributed by atoms with van der Waals surface area (Å²) >= 11 is 0. The quantitative estimate of drug-likeness (QED) is 0.828. The molecule has 0 aliphatic rings. The van der Waals surface area contributed by atoms with E-state index in [1.54, 1.807) is 30.5 Å². The first-order valence-electron chi connectivity index (χ1n) is 5.92. The third kappa shape index (κ3) is 3.88.